The highest BCUT2D eigenvalue weighted by atomic mass is 32.1. The maximum absolute atomic E-state index is 12.3. The van der Waals surface area contributed by atoms with E-state index in [9.17, 15) is 4.79 Å². The van der Waals surface area contributed by atoms with Crippen molar-refractivity contribution in [2.24, 2.45) is 0 Å². The molecule has 0 spiro atoms. The van der Waals surface area contributed by atoms with E-state index < -0.39 is 0 Å². The van der Waals surface area contributed by atoms with Crippen molar-refractivity contribution < 1.29 is 9.32 Å². The van der Waals surface area contributed by atoms with Crippen molar-refractivity contribution in [1.82, 2.24) is 15.1 Å². The number of thiazole rings is 1. The van der Waals surface area contributed by atoms with Crippen molar-refractivity contribution >= 4 is 54.7 Å². The van der Waals surface area contributed by atoms with Crippen LogP contribution in [-0.4, -0.2) is 21.0 Å². The van der Waals surface area contributed by atoms with E-state index in [1.807, 2.05) is 41.8 Å². The molecule has 0 unspecified atom stereocenters. The third-order valence-electron chi connectivity index (χ3n) is 4.31. The molecule has 8 heteroatoms. The first-order valence-corrected chi connectivity index (χ1v) is 10.4. The molecule has 0 radical (unpaired) electrons. The quantitative estimate of drug-likeness (QED) is 0.437. The normalized spacial score (nSPS) is 11.3. The Labute approximate surface area is 167 Å². The maximum atomic E-state index is 12.3. The van der Waals surface area contributed by atoms with Crippen molar-refractivity contribution in [1.29, 1.82) is 0 Å². The number of anilines is 1. The number of fused-ring (bicyclic) bond motifs is 3. The van der Waals surface area contributed by atoms with Gasteiger partial charge in [0, 0.05) is 18.2 Å². The first-order chi connectivity index (χ1) is 13.8. The van der Waals surface area contributed by atoms with Crippen molar-refractivity contribution in [3.05, 3.63) is 59.8 Å². The minimum atomic E-state index is -0.126. The number of nitrogens with one attached hydrogen (secondary N) is 1. The zero-order chi connectivity index (χ0) is 18.9. The van der Waals surface area contributed by atoms with E-state index in [1.54, 1.807) is 11.3 Å². The lowest BCUT2D eigenvalue weighted by Gasteiger charge is -1.99. The molecule has 1 amide bonds. The number of benzene rings is 2. The highest BCUT2D eigenvalue weighted by molar-refractivity contribution is 7.22. The first kappa shape index (κ1) is 17.0. The molecule has 0 saturated carbocycles. The monoisotopic (exact) mass is 406 g/mol. The summed E-state index contributed by atoms with van der Waals surface area (Å²) in [5.41, 5.74) is 0.913. The smallest absolute Gasteiger partial charge is 0.227 e. The number of nitrogens with zero attached hydrogens (tertiary/aromatic N) is 3. The van der Waals surface area contributed by atoms with Gasteiger partial charge in [-0.1, -0.05) is 52.9 Å². The molecule has 28 heavy (non-hydrogen) atoms. The van der Waals surface area contributed by atoms with Gasteiger partial charge in [-0.05, 0) is 22.9 Å². The number of aromatic nitrogens is 3. The van der Waals surface area contributed by atoms with E-state index >= 15 is 0 Å². The van der Waals surface area contributed by atoms with Crippen LogP contribution in [0.3, 0.4) is 0 Å². The van der Waals surface area contributed by atoms with Crippen LogP contribution in [0.1, 0.15) is 12.3 Å². The Kier molecular flexibility index (Phi) is 4.34. The Bertz CT molecular complexity index is 1270. The molecule has 138 valence electrons. The summed E-state index contributed by atoms with van der Waals surface area (Å²) in [5.74, 6) is 0.886. The minimum absolute atomic E-state index is 0.126. The second kappa shape index (κ2) is 7.14. The molecule has 0 fully saturated rings. The van der Waals surface area contributed by atoms with Gasteiger partial charge >= 0.3 is 0 Å². The van der Waals surface area contributed by atoms with Crippen molar-refractivity contribution in [2.75, 3.05) is 5.32 Å². The number of carbonyl (C=O) groups excluding carboxylic acids is 1. The summed E-state index contributed by atoms with van der Waals surface area (Å²) in [7, 11) is 0. The fraction of sp³-hybridized carbons (Fsp3) is 0.100. The van der Waals surface area contributed by atoms with Gasteiger partial charge in [-0.2, -0.15) is 4.98 Å². The summed E-state index contributed by atoms with van der Waals surface area (Å²) < 4.78 is 6.29. The van der Waals surface area contributed by atoms with Gasteiger partial charge < -0.3 is 9.84 Å². The second-order valence-corrected chi connectivity index (χ2v) is 8.17. The van der Waals surface area contributed by atoms with Crippen LogP contribution in [0.2, 0.25) is 0 Å². The predicted molar refractivity (Wildman–Crippen MR) is 112 cm³/mol. The lowest BCUT2D eigenvalue weighted by Crippen LogP contribution is -2.12. The molecule has 6 nitrogen and oxygen atoms in total. The fourth-order valence-electron chi connectivity index (χ4n) is 2.98. The molecule has 0 aliphatic rings. The van der Waals surface area contributed by atoms with Crippen LogP contribution in [0.15, 0.2) is 58.4 Å². The Balaban J connectivity index is 1.27. The molecule has 0 aliphatic heterocycles. The number of hydrogen-bond donors (Lipinski definition) is 1. The Hall–Kier alpha value is -3.10. The molecule has 0 aliphatic carbocycles. The molecule has 5 rings (SSSR count). The maximum Gasteiger partial charge on any atom is 0.227 e. The second-order valence-electron chi connectivity index (χ2n) is 6.19. The van der Waals surface area contributed by atoms with Gasteiger partial charge in [0.05, 0.1) is 15.1 Å². The van der Waals surface area contributed by atoms with Gasteiger partial charge in [0.15, 0.2) is 5.13 Å². The molecule has 5 aromatic rings. The van der Waals surface area contributed by atoms with Crippen molar-refractivity contribution in [3.8, 4) is 10.7 Å². The summed E-state index contributed by atoms with van der Waals surface area (Å²) in [6.07, 6.45) is 0.640. The fourth-order valence-corrected chi connectivity index (χ4v) is 4.53. The van der Waals surface area contributed by atoms with Crippen LogP contribution in [-0.2, 0) is 11.2 Å². The summed E-state index contributed by atoms with van der Waals surface area (Å²) in [5, 5.41) is 11.6. The zero-order valence-corrected chi connectivity index (χ0v) is 16.2. The zero-order valence-electron chi connectivity index (χ0n) is 14.6. The molecule has 3 heterocycles. The molecule has 0 atom stereocenters. The molecular weight excluding hydrogens is 392 g/mol. The Morgan fingerprint density at radius 1 is 1.07 bits per heavy atom. The average Bonchev–Trinajstić information content (AvgIpc) is 3.45. The van der Waals surface area contributed by atoms with Gasteiger partial charge in [0.2, 0.25) is 17.6 Å². The summed E-state index contributed by atoms with van der Waals surface area (Å²) in [6.45, 7) is 0. The third-order valence-corrected chi connectivity index (χ3v) is 6.11. The molecule has 2 aromatic carbocycles. The number of aryl methyl sites for hydroxylation is 1. The minimum Gasteiger partial charge on any atom is -0.339 e. The van der Waals surface area contributed by atoms with E-state index in [0.29, 0.717) is 23.3 Å². The summed E-state index contributed by atoms with van der Waals surface area (Å²) in [6, 6.07) is 16.1. The highest BCUT2D eigenvalue weighted by Gasteiger charge is 2.13. The van der Waals surface area contributed by atoms with E-state index in [4.69, 9.17) is 4.52 Å². The summed E-state index contributed by atoms with van der Waals surface area (Å²) in [4.78, 5) is 22.2. The number of amides is 1. The topological polar surface area (TPSA) is 80.9 Å². The van der Waals surface area contributed by atoms with Crippen LogP contribution in [0.5, 0.6) is 0 Å². The number of carbonyl (C=O) groups is 1. The van der Waals surface area contributed by atoms with Crippen molar-refractivity contribution in [3.63, 3.8) is 0 Å². The number of rotatable bonds is 5. The third kappa shape index (κ3) is 3.28. The Morgan fingerprint density at radius 3 is 2.89 bits per heavy atom. The lowest BCUT2D eigenvalue weighted by molar-refractivity contribution is -0.116. The predicted octanol–water partition coefficient (Wildman–Crippen LogP) is 5.13. The lowest BCUT2D eigenvalue weighted by atomic mass is 10.1. The largest absolute Gasteiger partial charge is 0.339 e. The Morgan fingerprint density at radius 2 is 2.00 bits per heavy atom. The van der Waals surface area contributed by atoms with E-state index in [0.717, 1.165) is 25.9 Å². The summed E-state index contributed by atoms with van der Waals surface area (Å²) >= 11 is 3.02. The SMILES string of the molecule is O=C(CCc1nc(-c2cccs2)no1)Nc1nc2c(ccc3ccccc32)s1. The van der Waals surface area contributed by atoms with Crippen LogP contribution < -0.4 is 5.32 Å². The molecule has 0 bridgehead atoms. The van der Waals surface area contributed by atoms with Gasteiger partial charge in [0.25, 0.3) is 0 Å². The molecule has 1 N–H and O–H groups in total. The van der Waals surface area contributed by atoms with Crippen LogP contribution in [0.25, 0.3) is 31.7 Å². The van der Waals surface area contributed by atoms with Crippen LogP contribution in [0, 0.1) is 0 Å². The molecule has 3 aromatic heterocycles. The first-order valence-electron chi connectivity index (χ1n) is 8.71. The van der Waals surface area contributed by atoms with Crippen LogP contribution in [0.4, 0.5) is 5.13 Å². The van der Waals surface area contributed by atoms with Crippen LogP contribution >= 0.6 is 22.7 Å². The van der Waals surface area contributed by atoms with E-state index in [2.05, 4.69) is 32.6 Å². The standard InChI is InChI=1S/C20H14N4O2S2/c25-16(9-10-17-22-19(24-26-17)15-6-3-11-27-15)21-20-23-18-13-5-2-1-4-12(13)7-8-14(18)28-20/h1-8,11H,9-10H2,(H,21,23,25). The van der Waals surface area contributed by atoms with E-state index in [-0.39, 0.29) is 12.3 Å². The van der Waals surface area contributed by atoms with Gasteiger partial charge in [-0.25, -0.2) is 4.98 Å². The van der Waals surface area contributed by atoms with Crippen molar-refractivity contribution in [2.45, 2.75) is 12.8 Å². The van der Waals surface area contributed by atoms with Gasteiger partial charge in [-0.3, -0.25) is 4.79 Å². The van der Waals surface area contributed by atoms with E-state index in [1.165, 1.54) is 11.3 Å². The average molecular weight is 406 g/mol. The highest BCUT2D eigenvalue weighted by Crippen LogP contribution is 2.31. The molecular formula is C20H14N4O2S2. The molecule has 0 saturated heterocycles. The van der Waals surface area contributed by atoms with Gasteiger partial charge in [-0.15, -0.1) is 11.3 Å². The van der Waals surface area contributed by atoms with Gasteiger partial charge in [0.1, 0.15) is 0 Å². The number of thiophene rings is 1. The number of hydrogen-bond acceptors (Lipinski definition) is 7.